The Morgan fingerprint density at radius 2 is 1.76 bits per heavy atom. The van der Waals surface area contributed by atoms with Crippen LogP contribution in [0.3, 0.4) is 0 Å². The van der Waals surface area contributed by atoms with Crippen LogP contribution in [0.25, 0.3) is 0 Å². The highest BCUT2D eigenvalue weighted by Crippen LogP contribution is 2.37. The van der Waals surface area contributed by atoms with Crippen LogP contribution >= 0.6 is 11.6 Å². The maximum atomic E-state index is 13.2. The number of hydrogen-bond donors (Lipinski definition) is 2. The van der Waals surface area contributed by atoms with E-state index >= 15 is 0 Å². The van der Waals surface area contributed by atoms with Gasteiger partial charge in [-0.05, 0) is 48.9 Å². The van der Waals surface area contributed by atoms with E-state index in [2.05, 4.69) is 16.0 Å². The number of nitrogens with one attached hydrogen (secondary N) is 2. The van der Waals surface area contributed by atoms with Gasteiger partial charge in [-0.25, -0.2) is 8.42 Å². The molecule has 0 heterocycles. The van der Waals surface area contributed by atoms with Crippen LogP contribution in [0.2, 0.25) is 5.02 Å². The molecule has 3 rings (SSSR count). The van der Waals surface area contributed by atoms with E-state index in [1.807, 2.05) is 0 Å². The van der Waals surface area contributed by atoms with Gasteiger partial charge in [0.15, 0.2) is 0 Å². The van der Waals surface area contributed by atoms with E-state index < -0.39 is 15.9 Å². The van der Waals surface area contributed by atoms with Crippen molar-refractivity contribution in [3.63, 3.8) is 0 Å². The number of aryl methyl sites for hydroxylation is 1. The predicted octanol–water partition coefficient (Wildman–Crippen LogP) is 4.70. The van der Waals surface area contributed by atoms with Crippen LogP contribution in [0, 0.1) is 19.3 Å². The topological polar surface area (TPSA) is 93.7 Å². The monoisotopic (exact) mass is 484 g/mol. The van der Waals surface area contributed by atoms with E-state index in [4.69, 9.17) is 27.5 Å². The first kappa shape index (κ1) is 24.0. The predicted molar refractivity (Wildman–Crippen MR) is 129 cm³/mol. The number of carbonyl (C=O) groups excluding carboxylic acids is 1. The van der Waals surface area contributed by atoms with Crippen molar-refractivity contribution in [3.8, 4) is 23.8 Å². The molecule has 0 atom stereocenters. The number of ether oxygens (including phenoxy) is 2. The maximum absolute atomic E-state index is 13.2. The summed E-state index contributed by atoms with van der Waals surface area (Å²) in [4.78, 5) is 12.7. The molecule has 0 aromatic heterocycles. The smallest absolute Gasteiger partial charge is 0.262 e. The Morgan fingerprint density at radius 3 is 2.42 bits per heavy atom. The average Bonchev–Trinajstić information content (AvgIpc) is 2.79. The normalized spacial score (nSPS) is 10.8. The number of benzene rings is 3. The second-order valence-electron chi connectivity index (χ2n) is 6.95. The summed E-state index contributed by atoms with van der Waals surface area (Å²) < 4.78 is 39.2. The highest BCUT2D eigenvalue weighted by Gasteiger charge is 2.22. The third-order valence-corrected chi connectivity index (χ3v) is 6.55. The minimum Gasteiger partial charge on any atom is -0.495 e. The molecule has 9 heteroatoms. The van der Waals surface area contributed by atoms with Crippen LogP contribution in [-0.4, -0.2) is 28.5 Å². The Balaban J connectivity index is 1.93. The van der Waals surface area contributed by atoms with Gasteiger partial charge in [-0.1, -0.05) is 29.7 Å². The average molecular weight is 485 g/mol. The number of anilines is 2. The molecule has 0 radical (unpaired) electrons. The SMILES string of the molecule is C#Cc1cccc(NC(=O)c2ccc(C)c(S(=O)(=O)Nc3cc(Cl)c(OC)cc3OC)c2)c1. The fourth-order valence-corrected chi connectivity index (χ4v) is 4.63. The molecule has 0 aliphatic rings. The van der Waals surface area contributed by atoms with Crippen LogP contribution in [-0.2, 0) is 10.0 Å². The minimum atomic E-state index is -4.09. The zero-order valence-electron chi connectivity index (χ0n) is 18.1. The van der Waals surface area contributed by atoms with Crippen molar-refractivity contribution in [2.24, 2.45) is 0 Å². The quantitative estimate of drug-likeness (QED) is 0.474. The molecule has 170 valence electrons. The lowest BCUT2D eigenvalue weighted by atomic mass is 10.1. The molecule has 0 aliphatic heterocycles. The highest BCUT2D eigenvalue weighted by molar-refractivity contribution is 7.92. The first-order valence-corrected chi connectivity index (χ1v) is 11.5. The number of rotatable bonds is 7. The summed E-state index contributed by atoms with van der Waals surface area (Å²) in [6.07, 6.45) is 5.39. The van der Waals surface area contributed by atoms with Crippen molar-refractivity contribution in [1.82, 2.24) is 0 Å². The van der Waals surface area contributed by atoms with Crippen molar-refractivity contribution >= 4 is 38.9 Å². The van der Waals surface area contributed by atoms with Crippen molar-refractivity contribution in [2.45, 2.75) is 11.8 Å². The van der Waals surface area contributed by atoms with Crippen molar-refractivity contribution in [3.05, 3.63) is 76.3 Å². The molecule has 0 aliphatic carbocycles. The van der Waals surface area contributed by atoms with Gasteiger partial charge in [-0.15, -0.1) is 6.42 Å². The number of halogens is 1. The van der Waals surface area contributed by atoms with Crippen molar-refractivity contribution < 1.29 is 22.7 Å². The van der Waals surface area contributed by atoms with E-state index in [0.717, 1.165) is 0 Å². The molecular weight excluding hydrogens is 464 g/mol. The van der Waals surface area contributed by atoms with Crippen LogP contribution in [0.1, 0.15) is 21.5 Å². The van der Waals surface area contributed by atoms with Gasteiger partial charge in [-0.3, -0.25) is 9.52 Å². The van der Waals surface area contributed by atoms with E-state index in [1.54, 1.807) is 43.3 Å². The Hall–Kier alpha value is -3.67. The standard InChI is InChI=1S/C24H21ClN2O5S/c1-5-16-7-6-8-18(11-16)26-24(28)17-10-9-15(2)23(12-17)33(29,30)27-20-13-19(25)21(31-3)14-22(20)32-4/h1,6-14,27H,2-4H3,(H,26,28). The molecule has 0 bridgehead atoms. The number of terminal acetylenes is 1. The van der Waals surface area contributed by atoms with Gasteiger partial charge in [0.25, 0.3) is 15.9 Å². The molecule has 1 amide bonds. The number of methoxy groups -OCH3 is 2. The number of amides is 1. The summed E-state index contributed by atoms with van der Waals surface area (Å²) in [7, 11) is -1.26. The van der Waals surface area contributed by atoms with Gasteiger partial charge in [-0.2, -0.15) is 0 Å². The summed E-state index contributed by atoms with van der Waals surface area (Å²) in [6, 6.07) is 14.0. The van der Waals surface area contributed by atoms with Crippen LogP contribution < -0.4 is 19.5 Å². The molecule has 0 spiro atoms. The molecular formula is C24H21ClN2O5S. The minimum absolute atomic E-state index is 0.0680. The maximum Gasteiger partial charge on any atom is 0.262 e. The number of carbonyl (C=O) groups is 1. The van der Waals surface area contributed by atoms with E-state index in [-0.39, 0.29) is 26.9 Å². The third kappa shape index (κ3) is 5.40. The molecule has 33 heavy (non-hydrogen) atoms. The zero-order chi connectivity index (χ0) is 24.2. The van der Waals surface area contributed by atoms with Crippen molar-refractivity contribution in [2.75, 3.05) is 24.3 Å². The molecule has 2 N–H and O–H groups in total. The van der Waals surface area contributed by atoms with Crippen molar-refractivity contribution in [1.29, 1.82) is 0 Å². The molecule has 0 unspecified atom stereocenters. The van der Waals surface area contributed by atoms with Gasteiger partial charge < -0.3 is 14.8 Å². The largest absolute Gasteiger partial charge is 0.495 e. The molecule has 0 saturated heterocycles. The first-order valence-electron chi connectivity index (χ1n) is 9.61. The molecule has 3 aromatic rings. The summed E-state index contributed by atoms with van der Waals surface area (Å²) >= 11 is 6.15. The van der Waals surface area contributed by atoms with Crippen LogP contribution in [0.15, 0.2) is 59.5 Å². The Kier molecular flexibility index (Phi) is 7.16. The van der Waals surface area contributed by atoms with E-state index in [1.165, 1.54) is 32.4 Å². The second kappa shape index (κ2) is 9.86. The second-order valence-corrected chi connectivity index (χ2v) is 9.01. The van der Waals surface area contributed by atoms with Gasteiger partial charge in [0.2, 0.25) is 0 Å². The fraction of sp³-hybridized carbons (Fsp3) is 0.125. The van der Waals surface area contributed by atoms with Gasteiger partial charge in [0.05, 0.1) is 29.8 Å². The Labute approximate surface area is 197 Å². The summed E-state index contributed by atoms with van der Waals surface area (Å²) in [6.45, 7) is 1.63. The van der Waals surface area contributed by atoms with E-state index in [0.29, 0.717) is 22.6 Å². The first-order chi connectivity index (χ1) is 15.7. The van der Waals surface area contributed by atoms with Crippen LogP contribution in [0.4, 0.5) is 11.4 Å². The number of sulfonamides is 1. The fourth-order valence-electron chi connectivity index (χ4n) is 3.06. The Morgan fingerprint density at radius 1 is 1.03 bits per heavy atom. The van der Waals surface area contributed by atoms with Gasteiger partial charge in [0, 0.05) is 22.9 Å². The third-order valence-electron chi connectivity index (χ3n) is 4.75. The molecule has 7 nitrogen and oxygen atoms in total. The molecule has 0 fully saturated rings. The Bertz CT molecular complexity index is 1360. The van der Waals surface area contributed by atoms with Crippen LogP contribution in [0.5, 0.6) is 11.5 Å². The molecule has 3 aromatic carbocycles. The molecule has 0 saturated carbocycles. The zero-order valence-corrected chi connectivity index (χ0v) is 19.7. The van der Waals surface area contributed by atoms with Gasteiger partial charge >= 0.3 is 0 Å². The van der Waals surface area contributed by atoms with E-state index in [9.17, 15) is 13.2 Å². The lowest BCUT2D eigenvalue weighted by Gasteiger charge is -2.16. The summed E-state index contributed by atoms with van der Waals surface area (Å²) in [5.41, 5.74) is 1.84. The lowest BCUT2D eigenvalue weighted by molar-refractivity contribution is 0.102. The summed E-state index contributed by atoms with van der Waals surface area (Å²) in [5, 5.41) is 2.92. The summed E-state index contributed by atoms with van der Waals surface area (Å²) in [5.74, 6) is 2.57. The highest BCUT2D eigenvalue weighted by atomic mass is 35.5. The number of hydrogen-bond acceptors (Lipinski definition) is 5. The van der Waals surface area contributed by atoms with Gasteiger partial charge in [0.1, 0.15) is 11.5 Å². The lowest BCUT2D eigenvalue weighted by Crippen LogP contribution is -2.17.